The number of methoxy groups -OCH3 is 1. The molecular weight excluding hydrogens is 436 g/mol. The van der Waals surface area contributed by atoms with Crippen molar-refractivity contribution in [2.45, 2.75) is 20.0 Å². The standard InChI is InChI=1S/C27H23ClN2O3/c1-18-6-5-7-19(12-18)17-33-26-23(28)14-20(15-25(26)32-2)13-22(16-29)27(31)30-11-10-21-8-3-4-9-24(21)30/h3-9,12-15H,10-11,17H2,1-2H3. The number of carbonyl (C=O) groups is 1. The Hall–Kier alpha value is -3.75. The van der Waals surface area contributed by atoms with Gasteiger partial charge in [-0.1, -0.05) is 59.6 Å². The summed E-state index contributed by atoms with van der Waals surface area (Å²) < 4.78 is 11.4. The Morgan fingerprint density at radius 1 is 1.18 bits per heavy atom. The fraction of sp³-hybridized carbons (Fsp3) is 0.185. The Balaban J connectivity index is 1.58. The fourth-order valence-corrected chi connectivity index (χ4v) is 4.20. The third-order valence-corrected chi connectivity index (χ3v) is 5.79. The molecule has 6 heteroatoms. The Labute approximate surface area is 198 Å². The number of hydrogen-bond acceptors (Lipinski definition) is 4. The van der Waals surface area contributed by atoms with Gasteiger partial charge in [-0.25, -0.2) is 0 Å². The van der Waals surface area contributed by atoms with Gasteiger partial charge in [-0.3, -0.25) is 4.79 Å². The lowest BCUT2D eigenvalue weighted by molar-refractivity contribution is -0.114. The van der Waals surface area contributed by atoms with Gasteiger partial charge in [0.1, 0.15) is 18.2 Å². The molecule has 0 bridgehead atoms. The molecule has 3 aromatic rings. The molecule has 166 valence electrons. The van der Waals surface area contributed by atoms with E-state index in [0.717, 1.165) is 28.8 Å². The number of rotatable bonds is 6. The van der Waals surface area contributed by atoms with Crippen LogP contribution in [0.1, 0.15) is 22.3 Å². The summed E-state index contributed by atoms with van der Waals surface area (Å²) in [6, 6.07) is 21.2. The van der Waals surface area contributed by atoms with Gasteiger partial charge in [-0.15, -0.1) is 0 Å². The van der Waals surface area contributed by atoms with Gasteiger partial charge in [0.25, 0.3) is 5.91 Å². The van der Waals surface area contributed by atoms with Crippen LogP contribution in [0, 0.1) is 18.3 Å². The van der Waals surface area contributed by atoms with E-state index in [1.165, 1.54) is 13.2 Å². The molecule has 0 spiro atoms. The number of ether oxygens (including phenoxy) is 2. The molecular formula is C27H23ClN2O3. The molecule has 0 atom stereocenters. The van der Waals surface area contributed by atoms with Crippen molar-refractivity contribution in [3.05, 3.63) is 93.5 Å². The maximum atomic E-state index is 13.1. The van der Waals surface area contributed by atoms with Crippen LogP contribution >= 0.6 is 11.6 Å². The molecule has 0 saturated carbocycles. The van der Waals surface area contributed by atoms with E-state index in [1.807, 2.05) is 61.5 Å². The van der Waals surface area contributed by atoms with Crippen molar-refractivity contribution in [3.8, 4) is 17.6 Å². The summed E-state index contributed by atoms with van der Waals surface area (Å²) in [6.07, 6.45) is 2.30. The summed E-state index contributed by atoms with van der Waals surface area (Å²) >= 11 is 6.50. The summed E-state index contributed by atoms with van der Waals surface area (Å²) in [7, 11) is 1.52. The van der Waals surface area contributed by atoms with Crippen LogP contribution in [0.4, 0.5) is 5.69 Å². The second-order valence-corrected chi connectivity index (χ2v) is 8.22. The first kappa shape index (κ1) is 22.4. The van der Waals surface area contributed by atoms with Gasteiger partial charge < -0.3 is 14.4 Å². The summed E-state index contributed by atoms with van der Waals surface area (Å²) in [5, 5.41) is 10.0. The summed E-state index contributed by atoms with van der Waals surface area (Å²) in [4.78, 5) is 14.7. The number of halogens is 1. The van der Waals surface area contributed by atoms with Gasteiger partial charge >= 0.3 is 0 Å². The highest BCUT2D eigenvalue weighted by Crippen LogP contribution is 2.38. The van der Waals surface area contributed by atoms with E-state index in [9.17, 15) is 10.1 Å². The number of nitrogens with zero attached hydrogens (tertiary/aromatic N) is 2. The molecule has 0 N–H and O–H groups in total. The molecule has 33 heavy (non-hydrogen) atoms. The maximum Gasteiger partial charge on any atom is 0.268 e. The lowest BCUT2D eigenvalue weighted by Crippen LogP contribution is -2.29. The second-order valence-electron chi connectivity index (χ2n) is 7.82. The normalized spacial score (nSPS) is 12.8. The number of nitriles is 1. The number of anilines is 1. The largest absolute Gasteiger partial charge is 0.493 e. The zero-order valence-electron chi connectivity index (χ0n) is 18.5. The predicted octanol–water partition coefficient (Wildman–Crippen LogP) is 5.73. The van der Waals surface area contributed by atoms with E-state index in [0.29, 0.717) is 35.2 Å². The number of benzene rings is 3. The first-order valence-corrected chi connectivity index (χ1v) is 11.0. The molecule has 1 heterocycles. The number of fused-ring (bicyclic) bond motifs is 1. The molecule has 0 radical (unpaired) electrons. The van der Waals surface area contributed by atoms with E-state index in [1.54, 1.807) is 17.0 Å². The third-order valence-electron chi connectivity index (χ3n) is 5.51. The molecule has 5 nitrogen and oxygen atoms in total. The highest BCUT2D eigenvalue weighted by atomic mass is 35.5. The van der Waals surface area contributed by atoms with E-state index in [4.69, 9.17) is 21.1 Å². The molecule has 0 aromatic heterocycles. The zero-order valence-corrected chi connectivity index (χ0v) is 19.2. The molecule has 1 aliphatic rings. The first-order chi connectivity index (χ1) is 16.0. The van der Waals surface area contributed by atoms with Gasteiger partial charge in [-0.2, -0.15) is 5.26 Å². The monoisotopic (exact) mass is 458 g/mol. The quantitative estimate of drug-likeness (QED) is 0.349. The van der Waals surface area contributed by atoms with Gasteiger partial charge in [0, 0.05) is 12.2 Å². The van der Waals surface area contributed by atoms with Crippen LogP contribution < -0.4 is 14.4 Å². The van der Waals surface area contributed by atoms with E-state index >= 15 is 0 Å². The van der Waals surface area contributed by atoms with Crippen LogP contribution in [0.25, 0.3) is 6.08 Å². The Kier molecular flexibility index (Phi) is 6.67. The number of aryl methyl sites for hydroxylation is 1. The molecule has 1 amide bonds. The van der Waals surface area contributed by atoms with Crippen molar-refractivity contribution in [1.29, 1.82) is 5.26 Å². The number of hydrogen-bond donors (Lipinski definition) is 0. The Bertz CT molecular complexity index is 1280. The zero-order chi connectivity index (χ0) is 23.4. The molecule has 0 aliphatic carbocycles. The fourth-order valence-electron chi connectivity index (χ4n) is 3.92. The van der Waals surface area contributed by atoms with Crippen molar-refractivity contribution < 1.29 is 14.3 Å². The lowest BCUT2D eigenvalue weighted by Gasteiger charge is -2.17. The molecule has 0 saturated heterocycles. The number of para-hydroxylation sites is 1. The Morgan fingerprint density at radius 3 is 2.76 bits per heavy atom. The van der Waals surface area contributed by atoms with Crippen molar-refractivity contribution in [2.75, 3.05) is 18.6 Å². The smallest absolute Gasteiger partial charge is 0.268 e. The van der Waals surface area contributed by atoms with Gasteiger partial charge in [0.2, 0.25) is 0 Å². The van der Waals surface area contributed by atoms with Crippen LogP contribution in [-0.4, -0.2) is 19.6 Å². The molecule has 0 fully saturated rings. The second kappa shape index (κ2) is 9.81. The number of amides is 1. The highest BCUT2D eigenvalue weighted by molar-refractivity contribution is 6.32. The van der Waals surface area contributed by atoms with E-state index in [-0.39, 0.29) is 11.5 Å². The van der Waals surface area contributed by atoms with Gasteiger partial charge in [-0.05, 0) is 54.3 Å². The van der Waals surface area contributed by atoms with Crippen molar-refractivity contribution in [2.24, 2.45) is 0 Å². The van der Waals surface area contributed by atoms with Crippen molar-refractivity contribution >= 4 is 29.3 Å². The minimum atomic E-state index is -0.336. The van der Waals surface area contributed by atoms with Gasteiger partial charge in [0.05, 0.1) is 12.1 Å². The Morgan fingerprint density at radius 2 is 2.00 bits per heavy atom. The van der Waals surface area contributed by atoms with Crippen LogP contribution in [0.5, 0.6) is 11.5 Å². The van der Waals surface area contributed by atoms with Gasteiger partial charge in [0.15, 0.2) is 11.5 Å². The summed E-state index contributed by atoms with van der Waals surface area (Å²) in [6.45, 7) is 2.91. The van der Waals surface area contributed by atoms with Crippen LogP contribution in [-0.2, 0) is 17.8 Å². The van der Waals surface area contributed by atoms with E-state index in [2.05, 4.69) is 0 Å². The van der Waals surface area contributed by atoms with E-state index < -0.39 is 0 Å². The average Bonchev–Trinajstić information content (AvgIpc) is 3.25. The highest BCUT2D eigenvalue weighted by Gasteiger charge is 2.26. The molecule has 1 aliphatic heterocycles. The van der Waals surface area contributed by atoms with Crippen LogP contribution in [0.2, 0.25) is 5.02 Å². The number of carbonyl (C=O) groups excluding carboxylic acids is 1. The molecule has 0 unspecified atom stereocenters. The summed E-state index contributed by atoms with van der Waals surface area (Å²) in [5.74, 6) is 0.506. The van der Waals surface area contributed by atoms with Crippen molar-refractivity contribution in [1.82, 2.24) is 0 Å². The minimum Gasteiger partial charge on any atom is -0.493 e. The first-order valence-electron chi connectivity index (χ1n) is 10.6. The molecule has 3 aromatic carbocycles. The lowest BCUT2D eigenvalue weighted by atomic mass is 10.1. The summed E-state index contributed by atoms with van der Waals surface area (Å²) in [5.41, 5.74) is 4.71. The SMILES string of the molecule is COc1cc(C=C(C#N)C(=O)N2CCc3ccccc32)cc(Cl)c1OCc1cccc(C)c1. The van der Waals surface area contributed by atoms with Crippen LogP contribution in [0.3, 0.4) is 0 Å². The predicted molar refractivity (Wildman–Crippen MR) is 130 cm³/mol. The van der Waals surface area contributed by atoms with Crippen LogP contribution in [0.15, 0.2) is 66.2 Å². The minimum absolute atomic E-state index is 0.0262. The molecule has 4 rings (SSSR count). The average molecular weight is 459 g/mol. The van der Waals surface area contributed by atoms with Crippen molar-refractivity contribution in [3.63, 3.8) is 0 Å². The topological polar surface area (TPSA) is 62.6 Å². The third kappa shape index (κ3) is 4.87. The maximum absolute atomic E-state index is 13.1.